The van der Waals surface area contributed by atoms with Gasteiger partial charge in [-0.1, -0.05) is 120 Å². The fourth-order valence-corrected chi connectivity index (χ4v) is 7.37. The third-order valence-corrected chi connectivity index (χ3v) is 9.59. The standard InChI is InChI=1S/C30H44ClO2P/c1-3-5-7-9-11-16-22-34(33,23-17-12-10-8-6-4-2)25-29(26-18-14-13-15-19-26)28-24-27(31)20-21-30(28)32/h13-15,18-21,24-25,32H,3-12,16-17,22-23H2,1-2H3. The van der Waals surface area contributed by atoms with Gasteiger partial charge in [0.15, 0.2) is 0 Å². The molecule has 0 heterocycles. The lowest BCUT2D eigenvalue weighted by molar-refractivity contribution is 0.473. The second kappa shape index (κ2) is 16.2. The average Bonchev–Trinajstić information content (AvgIpc) is 2.84. The molecule has 0 aromatic heterocycles. The molecule has 2 aromatic rings. The van der Waals surface area contributed by atoms with Crippen molar-refractivity contribution in [1.29, 1.82) is 0 Å². The van der Waals surface area contributed by atoms with Crippen molar-refractivity contribution in [2.45, 2.75) is 90.9 Å². The minimum absolute atomic E-state index is 0.171. The molecule has 0 saturated carbocycles. The Balaban J connectivity index is 2.29. The van der Waals surface area contributed by atoms with Crippen LogP contribution in [-0.2, 0) is 4.57 Å². The van der Waals surface area contributed by atoms with E-state index in [1.54, 1.807) is 18.2 Å². The van der Waals surface area contributed by atoms with Gasteiger partial charge in [0.2, 0.25) is 0 Å². The summed E-state index contributed by atoms with van der Waals surface area (Å²) in [4.78, 5) is 0. The Kier molecular flexibility index (Phi) is 13.7. The lowest BCUT2D eigenvalue weighted by Gasteiger charge is -2.19. The van der Waals surface area contributed by atoms with Crippen molar-refractivity contribution < 1.29 is 9.67 Å². The molecule has 0 unspecified atom stereocenters. The van der Waals surface area contributed by atoms with Gasteiger partial charge in [-0.2, -0.15) is 0 Å². The molecule has 188 valence electrons. The average molecular weight is 503 g/mol. The van der Waals surface area contributed by atoms with Gasteiger partial charge in [0, 0.05) is 22.9 Å². The van der Waals surface area contributed by atoms with Crippen LogP contribution in [0.3, 0.4) is 0 Å². The zero-order valence-corrected chi connectivity index (χ0v) is 22.9. The zero-order valence-electron chi connectivity index (χ0n) is 21.3. The Hall–Kier alpha value is -1.50. The molecule has 0 aliphatic carbocycles. The summed E-state index contributed by atoms with van der Waals surface area (Å²) >= 11 is 6.30. The number of hydrogen-bond acceptors (Lipinski definition) is 2. The van der Waals surface area contributed by atoms with Crippen LogP contribution in [0.5, 0.6) is 5.75 Å². The number of aromatic hydroxyl groups is 1. The van der Waals surface area contributed by atoms with Crippen LogP contribution in [0.25, 0.3) is 5.57 Å². The highest BCUT2D eigenvalue weighted by Crippen LogP contribution is 2.52. The van der Waals surface area contributed by atoms with E-state index in [1.807, 2.05) is 36.1 Å². The summed E-state index contributed by atoms with van der Waals surface area (Å²) < 4.78 is 14.4. The third-order valence-electron chi connectivity index (χ3n) is 6.48. The lowest BCUT2D eigenvalue weighted by Crippen LogP contribution is -1.98. The molecule has 0 saturated heterocycles. The number of phenols is 1. The predicted octanol–water partition coefficient (Wildman–Crippen LogP) is 10.5. The summed E-state index contributed by atoms with van der Waals surface area (Å²) in [6.07, 6.45) is 15.7. The first-order valence-corrected chi connectivity index (χ1v) is 15.9. The summed E-state index contributed by atoms with van der Waals surface area (Å²) in [5.41, 5.74) is 2.46. The van der Waals surface area contributed by atoms with Crippen molar-refractivity contribution in [1.82, 2.24) is 0 Å². The van der Waals surface area contributed by atoms with Gasteiger partial charge in [-0.15, -0.1) is 0 Å². The van der Waals surface area contributed by atoms with Gasteiger partial charge in [0.25, 0.3) is 0 Å². The van der Waals surface area contributed by atoms with Gasteiger partial charge in [-0.05, 0) is 48.0 Å². The molecular formula is C30H44ClO2P. The van der Waals surface area contributed by atoms with Crippen LogP contribution in [0, 0.1) is 0 Å². The molecule has 2 rings (SSSR count). The number of unbranched alkanes of at least 4 members (excludes halogenated alkanes) is 10. The molecule has 0 amide bonds. The van der Waals surface area contributed by atoms with E-state index in [0.717, 1.165) is 49.1 Å². The highest BCUT2D eigenvalue weighted by molar-refractivity contribution is 7.67. The lowest BCUT2D eigenvalue weighted by atomic mass is 9.99. The normalized spacial score (nSPS) is 12.3. The van der Waals surface area contributed by atoms with Crippen LogP contribution in [0.2, 0.25) is 5.02 Å². The topological polar surface area (TPSA) is 37.3 Å². The molecule has 0 aliphatic rings. The fourth-order valence-electron chi connectivity index (χ4n) is 4.44. The molecule has 0 atom stereocenters. The van der Waals surface area contributed by atoms with Gasteiger partial charge in [-0.3, -0.25) is 0 Å². The molecule has 4 heteroatoms. The third kappa shape index (κ3) is 10.4. The van der Waals surface area contributed by atoms with Gasteiger partial charge in [0.1, 0.15) is 12.9 Å². The smallest absolute Gasteiger partial charge is 0.123 e. The Morgan fingerprint density at radius 3 is 1.88 bits per heavy atom. The first kappa shape index (κ1) is 28.7. The largest absolute Gasteiger partial charge is 0.507 e. The van der Waals surface area contributed by atoms with Gasteiger partial charge in [-0.25, -0.2) is 0 Å². The second-order valence-electron chi connectivity index (χ2n) is 9.51. The monoisotopic (exact) mass is 502 g/mol. The van der Waals surface area contributed by atoms with E-state index in [-0.39, 0.29) is 5.75 Å². The zero-order chi connectivity index (χ0) is 24.7. The molecule has 0 aliphatic heterocycles. The Labute approximate surface area is 213 Å². The molecule has 0 spiro atoms. The van der Waals surface area contributed by atoms with Crippen molar-refractivity contribution in [3.05, 3.63) is 70.5 Å². The quantitative estimate of drug-likeness (QED) is 0.172. The fraction of sp³-hybridized carbons (Fsp3) is 0.533. The van der Waals surface area contributed by atoms with Gasteiger partial charge >= 0.3 is 0 Å². The maximum atomic E-state index is 14.4. The van der Waals surface area contributed by atoms with E-state index in [4.69, 9.17) is 11.6 Å². The van der Waals surface area contributed by atoms with E-state index in [9.17, 15) is 9.67 Å². The Bertz CT molecular complexity index is 887. The maximum Gasteiger partial charge on any atom is 0.123 e. The van der Waals surface area contributed by atoms with Crippen molar-refractivity contribution in [3.8, 4) is 5.75 Å². The van der Waals surface area contributed by atoms with Crippen LogP contribution in [0.1, 0.15) is 102 Å². The molecule has 0 bridgehead atoms. The molecule has 1 N–H and O–H groups in total. The van der Waals surface area contributed by atoms with Gasteiger partial charge in [0.05, 0.1) is 0 Å². The molecular weight excluding hydrogens is 459 g/mol. The highest BCUT2D eigenvalue weighted by atomic mass is 35.5. The number of benzene rings is 2. The van der Waals surface area contributed by atoms with E-state index < -0.39 is 7.14 Å². The minimum atomic E-state index is -2.57. The van der Waals surface area contributed by atoms with Crippen molar-refractivity contribution >= 4 is 24.3 Å². The minimum Gasteiger partial charge on any atom is -0.507 e. The molecule has 0 radical (unpaired) electrons. The van der Waals surface area contributed by atoms with Gasteiger partial charge < -0.3 is 9.67 Å². The van der Waals surface area contributed by atoms with E-state index in [1.165, 1.54) is 51.4 Å². The van der Waals surface area contributed by atoms with Crippen molar-refractivity contribution in [2.75, 3.05) is 12.3 Å². The maximum absolute atomic E-state index is 14.4. The predicted molar refractivity (Wildman–Crippen MR) is 151 cm³/mol. The van der Waals surface area contributed by atoms with Crippen LogP contribution in [0.4, 0.5) is 0 Å². The summed E-state index contributed by atoms with van der Waals surface area (Å²) in [6.45, 7) is 4.46. The van der Waals surface area contributed by atoms with E-state index in [2.05, 4.69) is 13.8 Å². The summed E-state index contributed by atoms with van der Waals surface area (Å²) in [6, 6.07) is 15.1. The number of halogens is 1. The molecule has 0 fully saturated rings. The number of rotatable bonds is 17. The first-order chi connectivity index (χ1) is 16.5. The van der Waals surface area contributed by atoms with Crippen LogP contribution < -0.4 is 0 Å². The second-order valence-corrected chi connectivity index (χ2v) is 13.0. The summed E-state index contributed by atoms with van der Waals surface area (Å²) in [7, 11) is -2.57. The van der Waals surface area contributed by atoms with E-state index >= 15 is 0 Å². The van der Waals surface area contributed by atoms with Crippen LogP contribution >= 0.6 is 18.7 Å². The Morgan fingerprint density at radius 2 is 1.32 bits per heavy atom. The van der Waals surface area contributed by atoms with Crippen molar-refractivity contribution in [2.24, 2.45) is 0 Å². The number of phenolic OH excluding ortho intramolecular Hbond substituents is 1. The Morgan fingerprint density at radius 1 is 0.794 bits per heavy atom. The van der Waals surface area contributed by atoms with E-state index in [0.29, 0.717) is 10.6 Å². The highest BCUT2D eigenvalue weighted by Gasteiger charge is 2.22. The SMILES string of the molecule is CCCCCCCCP(=O)(C=C(c1ccccc1)c1cc(Cl)ccc1O)CCCCCCCC. The summed E-state index contributed by atoms with van der Waals surface area (Å²) in [5, 5.41) is 11.2. The molecule has 2 aromatic carbocycles. The first-order valence-electron chi connectivity index (χ1n) is 13.3. The van der Waals surface area contributed by atoms with Crippen LogP contribution in [0.15, 0.2) is 54.3 Å². The molecule has 34 heavy (non-hydrogen) atoms. The number of hydrogen-bond donors (Lipinski definition) is 1. The van der Waals surface area contributed by atoms with Crippen LogP contribution in [-0.4, -0.2) is 17.4 Å². The molecule has 2 nitrogen and oxygen atoms in total. The summed E-state index contributed by atoms with van der Waals surface area (Å²) in [5.74, 6) is 2.18. The van der Waals surface area contributed by atoms with Crippen molar-refractivity contribution in [3.63, 3.8) is 0 Å².